The van der Waals surface area contributed by atoms with Gasteiger partial charge in [-0.15, -0.1) is 0 Å². The first-order chi connectivity index (χ1) is 25.3. The minimum atomic E-state index is -1.07. The van der Waals surface area contributed by atoms with Crippen LogP contribution in [0.3, 0.4) is 0 Å². The van der Waals surface area contributed by atoms with E-state index in [9.17, 15) is 14.7 Å². The van der Waals surface area contributed by atoms with E-state index in [2.05, 4.69) is 68.5 Å². The number of fused-ring (bicyclic) bond motifs is 4. The lowest BCUT2D eigenvalue weighted by molar-refractivity contribution is -0.232. The zero-order valence-corrected chi connectivity index (χ0v) is 29.7. The fourth-order valence-corrected chi connectivity index (χ4v) is 16.5. The number of rotatable bonds is 1. The van der Waals surface area contributed by atoms with Crippen LogP contribution in [-0.4, -0.2) is 103 Å². The molecule has 2 N–H and O–H groups in total. The second-order valence-corrected chi connectivity index (χ2v) is 18.7. The monoisotopic (exact) mass is 702 g/mol. The molecule has 5 spiro atoms. The van der Waals surface area contributed by atoms with Gasteiger partial charge in [0.1, 0.15) is 6.10 Å². The van der Waals surface area contributed by atoms with Crippen molar-refractivity contribution in [2.24, 2.45) is 22.2 Å². The molecule has 10 nitrogen and oxygen atoms in total. The SMILES string of the molecule is COC(=O)C1=C2Nc3ccccc3C23CCN2CC4(CC5CC67CC(=O)OC6CCN6CCC8(c9ccccc9N(C4)C58O)C67)C4OCCC4(C1)C23. The van der Waals surface area contributed by atoms with Crippen molar-refractivity contribution in [3.8, 4) is 0 Å². The summed E-state index contributed by atoms with van der Waals surface area (Å²) in [6.07, 6.45) is 6.02. The van der Waals surface area contributed by atoms with Crippen LogP contribution < -0.4 is 10.2 Å². The first kappa shape index (κ1) is 29.9. The molecule has 2 aromatic carbocycles. The molecule has 9 aliphatic heterocycles. The highest BCUT2D eigenvalue weighted by atomic mass is 16.6. The lowest BCUT2D eigenvalue weighted by Crippen LogP contribution is -2.81. The van der Waals surface area contributed by atoms with Crippen LogP contribution in [0.2, 0.25) is 0 Å². The number of aliphatic hydroxyl groups is 1. The number of nitrogens with one attached hydrogen (secondary N) is 1. The first-order valence-electron chi connectivity index (χ1n) is 19.8. The Morgan fingerprint density at radius 3 is 2.63 bits per heavy atom. The lowest BCUT2D eigenvalue weighted by Gasteiger charge is -2.70. The Balaban J connectivity index is 1.01. The summed E-state index contributed by atoms with van der Waals surface area (Å²) in [6.45, 7) is 5.03. The van der Waals surface area contributed by atoms with Crippen molar-refractivity contribution < 1.29 is 28.9 Å². The van der Waals surface area contributed by atoms with Gasteiger partial charge >= 0.3 is 11.9 Å². The second kappa shape index (κ2) is 9.08. The normalized spacial score (nSPS) is 48.2. The zero-order chi connectivity index (χ0) is 34.6. The number of carbonyl (C=O) groups excluding carboxylic acids is 2. The minimum absolute atomic E-state index is 0.0642. The van der Waals surface area contributed by atoms with Crippen molar-refractivity contribution in [3.05, 3.63) is 70.9 Å². The number of carbonyl (C=O) groups is 2. The predicted octanol–water partition coefficient (Wildman–Crippen LogP) is 3.68. The van der Waals surface area contributed by atoms with Gasteiger partial charge in [0.05, 0.1) is 36.0 Å². The maximum absolute atomic E-state index is 13.9. The van der Waals surface area contributed by atoms with E-state index in [1.54, 1.807) is 0 Å². The molecule has 52 heavy (non-hydrogen) atoms. The van der Waals surface area contributed by atoms with E-state index < -0.39 is 11.1 Å². The summed E-state index contributed by atoms with van der Waals surface area (Å²) >= 11 is 0. The van der Waals surface area contributed by atoms with Gasteiger partial charge in [-0.05, 0) is 81.3 Å². The van der Waals surface area contributed by atoms with Gasteiger partial charge in [-0.1, -0.05) is 36.4 Å². The van der Waals surface area contributed by atoms with Crippen molar-refractivity contribution in [2.45, 2.75) is 92.2 Å². The topological polar surface area (TPSA) is 104 Å². The van der Waals surface area contributed by atoms with E-state index in [4.69, 9.17) is 14.2 Å². The summed E-state index contributed by atoms with van der Waals surface area (Å²) < 4.78 is 19.0. The van der Waals surface area contributed by atoms with Crippen LogP contribution >= 0.6 is 0 Å². The number of benzene rings is 2. The molecule has 11 unspecified atom stereocenters. The van der Waals surface area contributed by atoms with Crippen LogP contribution in [0.25, 0.3) is 0 Å². The predicted molar refractivity (Wildman–Crippen MR) is 189 cm³/mol. The van der Waals surface area contributed by atoms with E-state index in [1.165, 1.54) is 18.2 Å². The summed E-state index contributed by atoms with van der Waals surface area (Å²) in [5.74, 6) is -0.380. The fraction of sp³-hybridized carbons (Fsp3) is 0.619. The van der Waals surface area contributed by atoms with E-state index in [1.807, 2.05) is 0 Å². The number of anilines is 2. The van der Waals surface area contributed by atoms with Gasteiger partial charge in [-0.3, -0.25) is 14.6 Å². The number of nitrogens with zero attached hydrogens (tertiary/aromatic N) is 3. The molecular formula is C42H46N4O6. The van der Waals surface area contributed by atoms with Crippen molar-refractivity contribution in [2.75, 3.05) is 56.7 Å². The number of piperidine rings is 3. The third kappa shape index (κ3) is 2.87. The molecule has 1 saturated carbocycles. The lowest BCUT2D eigenvalue weighted by atomic mass is 9.43. The van der Waals surface area contributed by atoms with Gasteiger partial charge < -0.3 is 29.5 Å². The van der Waals surface area contributed by atoms with Crippen molar-refractivity contribution in [1.82, 2.24) is 9.80 Å². The second-order valence-electron chi connectivity index (χ2n) is 18.7. The van der Waals surface area contributed by atoms with E-state index in [0.717, 1.165) is 87.3 Å². The van der Waals surface area contributed by atoms with Crippen molar-refractivity contribution >= 4 is 23.3 Å². The average molecular weight is 703 g/mol. The first-order valence-corrected chi connectivity index (χ1v) is 19.8. The Morgan fingerprint density at radius 2 is 1.75 bits per heavy atom. The quantitative estimate of drug-likeness (QED) is 0.428. The summed E-state index contributed by atoms with van der Waals surface area (Å²) in [7, 11) is 1.51. The van der Waals surface area contributed by atoms with E-state index in [-0.39, 0.29) is 63.8 Å². The molecule has 0 radical (unpaired) electrons. The highest BCUT2D eigenvalue weighted by Crippen LogP contribution is 2.76. The maximum Gasteiger partial charge on any atom is 0.335 e. The zero-order valence-electron chi connectivity index (χ0n) is 29.7. The largest absolute Gasteiger partial charge is 0.466 e. The van der Waals surface area contributed by atoms with Crippen LogP contribution in [0, 0.1) is 22.2 Å². The average Bonchev–Trinajstić information content (AvgIpc) is 3.99. The van der Waals surface area contributed by atoms with Crippen LogP contribution in [0.1, 0.15) is 62.5 Å². The van der Waals surface area contributed by atoms with E-state index in [0.29, 0.717) is 26.0 Å². The number of hydrogen-bond donors (Lipinski definition) is 2. The molecule has 11 aliphatic rings. The molecular weight excluding hydrogens is 656 g/mol. The number of methoxy groups -OCH3 is 1. The van der Waals surface area contributed by atoms with E-state index >= 15 is 0 Å². The Morgan fingerprint density at radius 1 is 0.923 bits per heavy atom. The molecule has 0 aromatic heterocycles. The highest BCUT2D eigenvalue weighted by molar-refractivity contribution is 5.93. The molecule has 270 valence electrons. The van der Waals surface area contributed by atoms with Crippen molar-refractivity contribution in [1.29, 1.82) is 0 Å². The molecule has 7 saturated heterocycles. The fourth-order valence-electron chi connectivity index (χ4n) is 16.5. The molecule has 2 aliphatic carbocycles. The number of esters is 2. The summed E-state index contributed by atoms with van der Waals surface area (Å²) in [5, 5.41) is 17.6. The Hall–Kier alpha value is -3.44. The van der Waals surface area contributed by atoms with Gasteiger partial charge in [-0.2, -0.15) is 0 Å². The molecule has 0 amide bonds. The van der Waals surface area contributed by atoms with Crippen LogP contribution in [0.5, 0.6) is 0 Å². The number of hydrogen-bond acceptors (Lipinski definition) is 10. The van der Waals surface area contributed by atoms with Gasteiger partial charge in [0.25, 0.3) is 0 Å². The molecule has 9 heterocycles. The summed E-state index contributed by atoms with van der Waals surface area (Å²) in [5.41, 5.74) is 3.82. The van der Waals surface area contributed by atoms with Gasteiger partial charge in [0, 0.05) is 77.6 Å². The highest BCUT2D eigenvalue weighted by Gasteiger charge is 2.83. The Labute approximate surface area is 303 Å². The van der Waals surface area contributed by atoms with Gasteiger partial charge in [0.15, 0.2) is 5.72 Å². The maximum atomic E-state index is 13.9. The standard InChI is InChI=1S/C42H46N4O6/c1-50-33(48)25-20-38-13-17-51-36(38)37(22-45-15-11-40(34(38)45)26-6-2-4-8-28(26)43-32(25)40)18-24-19-39-21-31(47)52-30(39)10-14-44-16-12-41(35(39)44)27-7-3-5-9-29(27)46(23-37)42(24,41)49/h2-9,24,30,34-36,43,49H,10-23H2,1H3. The smallest absolute Gasteiger partial charge is 0.335 e. The molecule has 2 aromatic rings. The molecule has 11 atom stereocenters. The Bertz CT molecular complexity index is 2070. The third-order valence-corrected chi connectivity index (χ3v) is 17.3. The van der Waals surface area contributed by atoms with Gasteiger partial charge in [-0.25, -0.2) is 4.79 Å². The number of ether oxygens (including phenoxy) is 3. The Kier molecular flexibility index (Phi) is 5.23. The van der Waals surface area contributed by atoms with Crippen molar-refractivity contribution in [3.63, 3.8) is 0 Å². The number of para-hydroxylation sites is 2. The van der Waals surface area contributed by atoms with Gasteiger partial charge in [0.2, 0.25) is 0 Å². The molecule has 10 heteroatoms. The minimum Gasteiger partial charge on any atom is -0.466 e. The molecule has 13 rings (SSSR count). The van der Waals surface area contributed by atoms with Crippen LogP contribution in [-0.2, 0) is 34.6 Å². The summed E-state index contributed by atoms with van der Waals surface area (Å²) in [6, 6.07) is 17.7. The van der Waals surface area contributed by atoms with Crippen LogP contribution in [0.4, 0.5) is 11.4 Å². The summed E-state index contributed by atoms with van der Waals surface area (Å²) in [4.78, 5) is 35.1. The molecule has 0 bridgehead atoms. The third-order valence-electron chi connectivity index (χ3n) is 17.3. The van der Waals surface area contributed by atoms with Crippen LogP contribution in [0.15, 0.2) is 59.8 Å². The molecule has 8 fully saturated rings.